The van der Waals surface area contributed by atoms with Crippen molar-refractivity contribution in [3.05, 3.63) is 65.2 Å². The van der Waals surface area contributed by atoms with E-state index in [-0.39, 0.29) is 17.9 Å². The number of hydrogen-bond donors (Lipinski definition) is 2. The average molecular weight is 380 g/mol. The number of likely N-dealkylation sites (tertiary alicyclic amines) is 1. The van der Waals surface area contributed by atoms with Gasteiger partial charge >= 0.3 is 0 Å². The van der Waals surface area contributed by atoms with E-state index in [4.69, 9.17) is 0 Å². The first kappa shape index (κ1) is 20.1. The van der Waals surface area contributed by atoms with Crippen molar-refractivity contribution in [2.45, 2.75) is 39.2 Å². The van der Waals surface area contributed by atoms with Crippen LogP contribution in [0.25, 0.3) is 0 Å². The quantitative estimate of drug-likeness (QED) is 0.809. The van der Waals surface area contributed by atoms with E-state index in [1.165, 1.54) is 5.56 Å². The number of rotatable bonds is 6. The lowest BCUT2D eigenvalue weighted by molar-refractivity contribution is -0.117. The molecule has 0 saturated carbocycles. The number of anilines is 1. The molecule has 1 heterocycles. The highest BCUT2D eigenvalue weighted by Gasteiger charge is 2.22. The highest BCUT2D eigenvalue weighted by molar-refractivity contribution is 5.95. The molecule has 3 rings (SSSR count). The highest BCUT2D eigenvalue weighted by atomic mass is 16.2. The molecule has 0 bridgehead atoms. The summed E-state index contributed by atoms with van der Waals surface area (Å²) in [5, 5.41) is 6.10. The third kappa shape index (κ3) is 5.42. The summed E-state index contributed by atoms with van der Waals surface area (Å²) in [6.07, 6.45) is 2.70. The van der Waals surface area contributed by atoms with Crippen molar-refractivity contribution in [3.63, 3.8) is 0 Å². The van der Waals surface area contributed by atoms with Gasteiger partial charge in [0, 0.05) is 30.4 Å². The summed E-state index contributed by atoms with van der Waals surface area (Å²) in [6.45, 7) is 6.06. The lowest BCUT2D eigenvalue weighted by Gasteiger charge is -2.32. The molecule has 2 N–H and O–H groups in total. The number of aryl methyl sites for hydroxylation is 2. The third-order valence-electron chi connectivity index (χ3n) is 5.33. The molecule has 0 radical (unpaired) electrons. The molecule has 0 atom stereocenters. The van der Waals surface area contributed by atoms with Crippen LogP contribution in [0.4, 0.5) is 5.69 Å². The summed E-state index contributed by atoms with van der Waals surface area (Å²) in [4.78, 5) is 26.9. The normalized spacial score (nSPS) is 15.2. The number of benzene rings is 2. The predicted octanol–water partition coefficient (Wildman–Crippen LogP) is 3.39. The van der Waals surface area contributed by atoms with Gasteiger partial charge in [-0.3, -0.25) is 14.5 Å². The van der Waals surface area contributed by atoms with E-state index < -0.39 is 0 Å². The predicted molar refractivity (Wildman–Crippen MR) is 113 cm³/mol. The molecular formula is C23H29N3O2. The van der Waals surface area contributed by atoms with Crippen molar-refractivity contribution >= 4 is 17.5 Å². The summed E-state index contributed by atoms with van der Waals surface area (Å²) in [5.74, 6) is -0.00327. The van der Waals surface area contributed by atoms with Crippen LogP contribution in [-0.2, 0) is 11.2 Å². The Morgan fingerprint density at radius 1 is 1.04 bits per heavy atom. The number of hydrogen-bond acceptors (Lipinski definition) is 3. The van der Waals surface area contributed by atoms with Gasteiger partial charge in [0.25, 0.3) is 5.91 Å². The first-order chi connectivity index (χ1) is 13.5. The van der Waals surface area contributed by atoms with Gasteiger partial charge in [-0.05, 0) is 55.5 Å². The number of nitrogens with one attached hydrogen (secondary N) is 2. The number of piperidine rings is 1. The van der Waals surface area contributed by atoms with Crippen molar-refractivity contribution in [2.24, 2.45) is 0 Å². The maximum absolute atomic E-state index is 12.5. The Hall–Kier alpha value is -2.66. The van der Waals surface area contributed by atoms with Crippen molar-refractivity contribution in [3.8, 4) is 0 Å². The topological polar surface area (TPSA) is 61.4 Å². The molecule has 0 aromatic heterocycles. The maximum Gasteiger partial charge on any atom is 0.251 e. The highest BCUT2D eigenvalue weighted by Crippen LogP contribution is 2.14. The van der Waals surface area contributed by atoms with Gasteiger partial charge in [-0.2, -0.15) is 0 Å². The van der Waals surface area contributed by atoms with Gasteiger partial charge in [0.1, 0.15) is 0 Å². The van der Waals surface area contributed by atoms with Crippen LogP contribution in [0.3, 0.4) is 0 Å². The Kier molecular flexibility index (Phi) is 6.82. The van der Waals surface area contributed by atoms with Crippen molar-refractivity contribution in [1.82, 2.24) is 10.2 Å². The number of carbonyl (C=O) groups is 2. The van der Waals surface area contributed by atoms with E-state index in [9.17, 15) is 9.59 Å². The second kappa shape index (κ2) is 9.51. The molecule has 28 heavy (non-hydrogen) atoms. The average Bonchev–Trinajstić information content (AvgIpc) is 2.70. The number of nitrogens with zero attached hydrogens (tertiary/aromatic N) is 1. The van der Waals surface area contributed by atoms with Gasteiger partial charge < -0.3 is 10.6 Å². The Balaban J connectivity index is 1.42. The zero-order valence-electron chi connectivity index (χ0n) is 16.7. The van der Waals surface area contributed by atoms with Crippen LogP contribution in [-0.4, -0.2) is 42.4 Å². The van der Waals surface area contributed by atoms with Crippen LogP contribution >= 0.6 is 0 Å². The van der Waals surface area contributed by atoms with Gasteiger partial charge in [-0.15, -0.1) is 0 Å². The van der Waals surface area contributed by atoms with Crippen molar-refractivity contribution < 1.29 is 9.59 Å². The molecule has 0 aliphatic carbocycles. The Labute approximate surface area is 167 Å². The fraction of sp³-hybridized carbons (Fsp3) is 0.391. The SMILES string of the molecule is CCc1ccc(NC(=O)CN2CCC(NC(=O)c3ccccc3C)CC2)cc1. The molecule has 1 aliphatic heterocycles. The van der Waals surface area contributed by atoms with Gasteiger partial charge in [0.2, 0.25) is 5.91 Å². The molecule has 5 nitrogen and oxygen atoms in total. The summed E-state index contributed by atoms with van der Waals surface area (Å²) < 4.78 is 0. The molecule has 2 aromatic carbocycles. The van der Waals surface area contributed by atoms with Gasteiger partial charge in [-0.25, -0.2) is 0 Å². The van der Waals surface area contributed by atoms with Crippen LogP contribution in [0.2, 0.25) is 0 Å². The molecular weight excluding hydrogens is 350 g/mol. The van der Waals surface area contributed by atoms with E-state index in [0.717, 1.165) is 49.2 Å². The standard InChI is InChI=1S/C23H29N3O2/c1-3-18-8-10-19(11-9-18)24-22(27)16-26-14-12-20(13-15-26)25-23(28)21-7-5-4-6-17(21)2/h4-11,20H,3,12-16H2,1-2H3,(H,24,27)(H,25,28). The Morgan fingerprint density at radius 3 is 2.36 bits per heavy atom. The molecule has 0 spiro atoms. The first-order valence-corrected chi connectivity index (χ1v) is 10.0. The Morgan fingerprint density at radius 2 is 1.71 bits per heavy atom. The van der Waals surface area contributed by atoms with Crippen LogP contribution in [0.5, 0.6) is 0 Å². The number of amides is 2. The summed E-state index contributed by atoms with van der Waals surface area (Å²) in [6, 6.07) is 15.8. The largest absolute Gasteiger partial charge is 0.349 e. The van der Waals surface area contributed by atoms with Gasteiger partial charge in [-0.1, -0.05) is 37.3 Å². The zero-order chi connectivity index (χ0) is 19.9. The summed E-state index contributed by atoms with van der Waals surface area (Å²) in [7, 11) is 0. The van der Waals surface area contributed by atoms with Crippen molar-refractivity contribution in [2.75, 3.05) is 25.0 Å². The lowest BCUT2D eigenvalue weighted by atomic mass is 10.0. The molecule has 1 fully saturated rings. The Bertz CT molecular complexity index is 809. The van der Waals surface area contributed by atoms with Crippen LogP contribution < -0.4 is 10.6 Å². The summed E-state index contributed by atoms with van der Waals surface area (Å²) in [5.41, 5.74) is 3.81. The van der Waals surface area contributed by atoms with Crippen molar-refractivity contribution in [1.29, 1.82) is 0 Å². The number of carbonyl (C=O) groups excluding carboxylic acids is 2. The zero-order valence-corrected chi connectivity index (χ0v) is 16.7. The second-order valence-electron chi connectivity index (χ2n) is 7.44. The van der Waals surface area contributed by atoms with Crippen LogP contribution in [0, 0.1) is 6.92 Å². The monoisotopic (exact) mass is 379 g/mol. The van der Waals surface area contributed by atoms with E-state index in [2.05, 4.69) is 22.5 Å². The van der Waals surface area contributed by atoms with E-state index in [1.807, 2.05) is 55.5 Å². The second-order valence-corrected chi connectivity index (χ2v) is 7.44. The first-order valence-electron chi connectivity index (χ1n) is 10.0. The summed E-state index contributed by atoms with van der Waals surface area (Å²) >= 11 is 0. The molecule has 1 saturated heterocycles. The molecule has 5 heteroatoms. The minimum atomic E-state index is -0.00943. The fourth-order valence-corrected chi connectivity index (χ4v) is 3.55. The maximum atomic E-state index is 12.5. The molecule has 2 amide bonds. The van der Waals surface area contributed by atoms with Gasteiger partial charge in [0.15, 0.2) is 0 Å². The van der Waals surface area contributed by atoms with Crippen LogP contribution in [0.1, 0.15) is 41.3 Å². The van der Waals surface area contributed by atoms with E-state index >= 15 is 0 Å². The lowest BCUT2D eigenvalue weighted by Crippen LogP contribution is -2.46. The fourth-order valence-electron chi connectivity index (χ4n) is 3.55. The minimum absolute atomic E-state index is 0.00615. The van der Waals surface area contributed by atoms with E-state index in [1.54, 1.807) is 0 Å². The van der Waals surface area contributed by atoms with Crippen LogP contribution in [0.15, 0.2) is 48.5 Å². The minimum Gasteiger partial charge on any atom is -0.349 e. The molecule has 2 aromatic rings. The smallest absolute Gasteiger partial charge is 0.251 e. The molecule has 0 unspecified atom stereocenters. The molecule has 1 aliphatic rings. The van der Waals surface area contributed by atoms with E-state index in [0.29, 0.717) is 6.54 Å². The third-order valence-corrected chi connectivity index (χ3v) is 5.33. The van der Waals surface area contributed by atoms with Gasteiger partial charge in [0.05, 0.1) is 6.54 Å². The molecule has 148 valence electrons.